The van der Waals surface area contributed by atoms with Gasteiger partial charge in [-0.15, -0.1) is 0 Å². The minimum atomic E-state index is 0.0996. The summed E-state index contributed by atoms with van der Waals surface area (Å²) in [6.07, 6.45) is 8.88. The Morgan fingerprint density at radius 3 is 2.89 bits per heavy atom. The predicted molar refractivity (Wildman–Crippen MR) is 106 cm³/mol. The molecule has 1 unspecified atom stereocenters. The zero-order chi connectivity index (χ0) is 19.4. The molecular formula is C20H32N6O. The smallest absolute Gasteiger partial charge is 0.257 e. The average Bonchev–Trinajstić information content (AvgIpc) is 3.27. The molecule has 1 aliphatic heterocycles. The lowest BCUT2D eigenvalue weighted by atomic mass is 9.96. The number of likely N-dealkylation sites (tertiary alicyclic amines) is 1. The summed E-state index contributed by atoms with van der Waals surface area (Å²) in [5.74, 6) is 1.52. The molecule has 0 aliphatic carbocycles. The number of aryl methyl sites for hydroxylation is 2. The van der Waals surface area contributed by atoms with Crippen molar-refractivity contribution >= 4 is 5.91 Å². The third-order valence-electron chi connectivity index (χ3n) is 5.46. The third-order valence-corrected chi connectivity index (χ3v) is 5.46. The van der Waals surface area contributed by atoms with Gasteiger partial charge in [-0.25, -0.2) is 4.98 Å². The molecular weight excluding hydrogens is 340 g/mol. The van der Waals surface area contributed by atoms with Gasteiger partial charge >= 0.3 is 0 Å². The van der Waals surface area contributed by atoms with Crippen LogP contribution in [0.5, 0.6) is 0 Å². The van der Waals surface area contributed by atoms with Crippen LogP contribution in [0.2, 0.25) is 0 Å². The van der Waals surface area contributed by atoms with Crippen molar-refractivity contribution in [2.24, 2.45) is 0 Å². The Hall–Kier alpha value is -2.15. The largest absolute Gasteiger partial charge is 0.338 e. The molecule has 27 heavy (non-hydrogen) atoms. The summed E-state index contributed by atoms with van der Waals surface area (Å²) in [5.41, 5.74) is 1.68. The molecule has 2 aromatic rings. The summed E-state index contributed by atoms with van der Waals surface area (Å²) < 4.78 is 4.15. The van der Waals surface area contributed by atoms with E-state index in [-0.39, 0.29) is 5.91 Å². The van der Waals surface area contributed by atoms with Crippen LogP contribution in [0.4, 0.5) is 0 Å². The van der Waals surface area contributed by atoms with E-state index in [4.69, 9.17) is 0 Å². The first-order valence-corrected chi connectivity index (χ1v) is 9.98. The van der Waals surface area contributed by atoms with Gasteiger partial charge in [-0.3, -0.25) is 9.48 Å². The molecule has 0 saturated carbocycles. The van der Waals surface area contributed by atoms with Crippen LogP contribution in [0.15, 0.2) is 18.6 Å². The number of amides is 1. The highest BCUT2D eigenvalue weighted by atomic mass is 16.2. The second-order valence-corrected chi connectivity index (χ2v) is 7.69. The highest BCUT2D eigenvalue weighted by molar-refractivity contribution is 5.95. The molecule has 3 rings (SSSR count). The molecule has 7 heteroatoms. The van der Waals surface area contributed by atoms with E-state index in [1.54, 1.807) is 6.20 Å². The predicted octanol–water partition coefficient (Wildman–Crippen LogP) is 2.38. The standard InChI is InChI=1S/C20H32N6O/c1-5-26-16(2)18(14-22-26)20(27)25-11-6-8-17(15-25)19-21-9-13-24(19)12-7-10-23(3)4/h9,13-14,17H,5-8,10-12,15H2,1-4H3. The lowest BCUT2D eigenvalue weighted by Gasteiger charge is -2.32. The Kier molecular flexibility index (Phi) is 6.31. The minimum absolute atomic E-state index is 0.0996. The second-order valence-electron chi connectivity index (χ2n) is 7.69. The highest BCUT2D eigenvalue weighted by Crippen LogP contribution is 2.27. The number of rotatable bonds is 7. The van der Waals surface area contributed by atoms with E-state index in [9.17, 15) is 4.79 Å². The SMILES string of the molecule is CCn1ncc(C(=O)N2CCCC(c3nccn3CCCN(C)C)C2)c1C. The molecule has 1 aliphatic rings. The molecule has 0 N–H and O–H groups in total. The van der Waals surface area contributed by atoms with E-state index in [0.29, 0.717) is 5.92 Å². The van der Waals surface area contributed by atoms with Crippen LogP contribution in [0.1, 0.15) is 54.0 Å². The molecule has 0 bridgehead atoms. The molecule has 1 saturated heterocycles. The van der Waals surface area contributed by atoms with Crippen LogP contribution in [0.3, 0.4) is 0 Å². The summed E-state index contributed by atoms with van der Waals surface area (Å²) in [6.45, 7) is 8.39. The van der Waals surface area contributed by atoms with Gasteiger partial charge in [-0.1, -0.05) is 0 Å². The van der Waals surface area contributed by atoms with Gasteiger partial charge in [0.15, 0.2) is 0 Å². The number of carbonyl (C=O) groups is 1. The van der Waals surface area contributed by atoms with Crippen molar-refractivity contribution in [3.8, 4) is 0 Å². The van der Waals surface area contributed by atoms with Crippen molar-refractivity contribution in [2.75, 3.05) is 33.7 Å². The number of hydrogen-bond acceptors (Lipinski definition) is 4. The van der Waals surface area contributed by atoms with Gasteiger partial charge in [-0.2, -0.15) is 5.10 Å². The maximum Gasteiger partial charge on any atom is 0.257 e. The lowest BCUT2D eigenvalue weighted by Crippen LogP contribution is -2.40. The van der Waals surface area contributed by atoms with Crippen LogP contribution in [-0.2, 0) is 13.1 Å². The van der Waals surface area contributed by atoms with Gasteiger partial charge in [0.05, 0.1) is 11.8 Å². The zero-order valence-electron chi connectivity index (χ0n) is 17.1. The van der Waals surface area contributed by atoms with E-state index in [1.165, 1.54) is 0 Å². The molecule has 148 valence electrons. The monoisotopic (exact) mass is 372 g/mol. The van der Waals surface area contributed by atoms with Crippen LogP contribution in [0.25, 0.3) is 0 Å². The van der Waals surface area contributed by atoms with Gasteiger partial charge in [0.25, 0.3) is 5.91 Å². The molecule has 7 nitrogen and oxygen atoms in total. The van der Waals surface area contributed by atoms with E-state index in [0.717, 1.165) is 69.1 Å². The van der Waals surface area contributed by atoms with Gasteiger partial charge in [-0.05, 0) is 53.8 Å². The third kappa shape index (κ3) is 4.40. The molecule has 1 atom stereocenters. The van der Waals surface area contributed by atoms with Crippen molar-refractivity contribution in [3.63, 3.8) is 0 Å². The maximum atomic E-state index is 13.0. The fourth-order valence-corrected chi connectivity index (χ4v) is 3.94. The first-order chi connectivity index (χ1) is 13.0. The Labute approximate surface area is 162 Å². The zero-order valence-corrected chi connectivity index (χ0v) is 17.1. The summed E-state index contributed by atoms with van der Waals surface area (Å²) in [4.78, 5) is 21.9. The Balaban J connectivity index is 1.68. The van der Waals surface area contributed by atoms with Crippen molar-refractivity contribution < 1.29 is 4.79 Å². The number of carbonyl (C=O) groups excluding carboxylic acids is 1. The van der Waals surface area contributed by atoms with E-state index in [2.05, 4.69) is 39.8 Å². The van der Waals surface area contributed by atoms with Crippen LogP contribution in [0, 0.1) is 6.92 Å². The topological polar surface area (TPSA) is 59.2 Å². The van der Waals surface area contributed by atoms with Gasteiger partial charge in [0.1, 0.15) is 5.82 Å². The van der Waals surface area contributed by atoms with Crippen molar-refractivity contribution in [1.82, 2.24) is 29.1 Å². The molecule has 0 aromatic carbocycles. The van der Waals surface area contributed by atoms with Crippen LogP contribution < -0.4 is 0 Å². The molecule has 0 radical (unpaired) electrons. The second kappa shape index (κ2) is 8.69. The average molecular weight is 373 g/mol. The fourth-order valence-electron chi connectivity index (χ4n) is 3.94. The minimum Gasteiger partial charge on any atom is -0.338 e. The van der Waals surface area contributed by atoms with Crippen molar-refractivity contribution in [3.05, 3.63) is 35.7 Å². The first-order valence-electron chi connectivity index (χ1n) is 9.98. The van der Waals surface area contributed by atoms with Crippen molar-refractivity contribution in [2.45, 2.75) is 52.1 Å². The number of piperidine rings is 1. The van der Waals surface area contributed by atoms with Gasteiger partial charge < -0.3 is 14.4 Å². The molecule has 0 spiro atoms. The maximum absolute atomic E-state index is 13.0. The normalized spacial score (nSPS) is 17.7. The summed E-state index contributed by atoms with van der Waals surface area (Å²) in [7, 11) is 4.20. The van der Waals surface area contributed by atoms with E-state index >= 15 is 0 Å². The number of aromatic nitrogens is 4. The molecule has 1 amide bonds. The Morgan fingerprint density at radius 1 is 1.37 bits per heavy atom. The summed E-state index contributed by atoms with van der Waals surface area (Å²) in [6, 6.07) is 0. The van der Waals surface area contributed by atoms with Gasteiger partial charge in [0.2, 0.25) is 0 Å². The van der Waals surface area contributed by atoms with E-state index < -0.39 is 0 Å². The van der Waals surface area contributed by atoms with Gasteiger partial charge in [0, 0.05) is 50.2 Å². The molecule has 1 fully saturated rings. The fraction of sp³-hybridized carbons (Fsp3) is 0.650. The number of hydrogen-bond donors (Lipinski definition) is 0. The first kappa shape index (κ1) is 19.6. The van der Waals surface area contributed by atoms with Crippen LogP contribution in [-0.4, -0.2) is 68.8 Å². The molecule has 3 heterocycles. The lowest BCUT2D eigenvalue weighted by molar-refractivity contribution is 0.0702. The summed E-state index contributed by atoms with van der Waals surface area (Å²) in [5, 5.41) is 4.33. The highest BCUT2D eigenvalue weighted by Gasteiger charge is 2.29. The number of nitrogens with zero attached hydrogens (tertiary/aromatic N) is 6. The van der Waals surface area contributed by atoms with E-state index in [1.807, 2.05) is 29.6 Å². The summed E-state index contributed by atoms with van der Waals surface area (Å²) >= 11 is 0. The van der Waals surface area contributed by atoms with Crippen molar-refractivity contribution in [1.29, 1.82) is 0 Å². The quantitative estimate of drug-likeness (QED) is 0.749. The number of imidazole rings is 1. The Bertz CT molecular complexity index is 762. The Morgan fingerprint density at radius 2 is 2.19 bits per heavy atom. The molecule has 2 aromatic heterocycles. The van der Waals surface area contributed by atoms with Crippen LogP contribution >= 0.6 is 0 Å².